The van der Waals surface area contributed by atoms with Gasteiger partial charge in [0.1, 0.15) is 6.10 Å². The van der Waals surface area contributed by atoms with Crippen LogP contribution in [0.5, 0.6) is 0 Å². The van der Waals surface area contributed by atoms with Crippen LogP contribution in [0, 0.1) is 29.6 Å². The smallest absolute Gasteiger partial charge is 0.333 e. The highest BCUT2D eigenvalue weighted by Gasteiger charge is 2.63. The van der Waals surface area contributed by atoms with Crippen molar-refractivity contribution in [3.8, 4) is 0 Å². The van der Waals surface area contributed by atoms with Gasteiger partial charge in [-0.2, -0.15) is 0 Å². The average molecular weight is 264 g/mol. The van der Waals surface area contributed by atoms with Gasteiger partial charge in [-0.05, 0) is 31.6 Å². The number of carbonyl (C=O) groups excluding carboxylic acids is 2. The summed E-state index contributed by atoms with van der Waals surface area (Å²) >= 11 is 0. The number of cyclic esters (lactones) is 1. The van der Waals surface area contributed by atoms with E-state index >= 15 is 0 Å². The van der Waals surface area contributed by atoms with E-state index in [1.165, 1.54) is 0 Å². The largest absolute Gasteiger partial charge is 0.465 e. The third kappa shape index (κ3) is 1.72. The standard InChI is InChI=1S/C15H20O4/c1-4-8-9-5-10(11-6-18-15(17)12(9)11)13(8)19-14(16)7(2)3/h8-13H,2,4-6H2,1,3H3. The Hall–Kier alpha value is -1.32. The van der Waals surface area contributed by atoms with Gasteiger partial charge in [-0.25, -0.2) is 4.79 Å². The average Bonchev–Trinajstić information content (AvgIpc) is 3.00. The quantitative estimate of drug-likeness (QED) is 0.577. The number of ether oxygens (including phenoxy) is 2. The fraction of sp³-hybridized carbons (Fsp3) is 0.733. The van der Waals surface area contributed by atoms with E-state index in [2.05, 4.69) is 13.5 Å². The number of hydrogen-bond donors (Lipinski definition) is 0. The van der Waals surface area contributed by atoms with E-state index in [-0.39, 0.29) is 35.8 Å². The van der Waals surface area contributed by atoms with Crippen molar-refractivity contribution < 1.29 is 19.1 Å². The Morgan fingerprint density at radius 1 is 1.42 bits per heavy atom. The van der Waals surface area contributed by atoms with Crippen molar-refractivity contribution in [1.29, 1.82) is 0 Å². The number of hydrogen-bond acceptors (Lipinski definition) is 4. The van der Waals surface area contributed by atoms with Crippen LogP contribution in [0.15, 0.2) is 12.2 Å². The third-order valence-electron chi connectivity index (χ3n) is 5.16. The van der Waals surface area contributed by atoms with E-state index < -0.39 is 0 Å². The van der Waals surface area contributed by atoms with Gasteiger partial charge in [-0.1, -0.05) is 13.5 Å². The molecule has 4 heteroatoms. The minimum Gasteiger partial charge on any atom is -0.465 e. The molecule has 0 amide bonds. The van der Waals surface area contributed by atoms with Gasteiger partial charge in [0.25, 0.3) is 0 Å². The van der Waals surface area contributed by atoms with Crippen molar-refractivity contribution in [3.63, 3.8) is 0 Å². The van der Waals surface area contributed by atoms with Crippen molar-refractivity contribution in [2.45, 2.75) is 32.8 Å². The lowest BCUT2D eigenvalue weighted by Gasteiger charge is -2.35. The number of fused-ring (bicyclic) bond motifs is 5. The molecule has 1 heterocycles. The van der Waals surface area contributed by atoms with Crippen LogP contribution in [0.1, 0.15) is 26.7 Å². The highest BCUT2D eigenvalue weighted by molar-refractivity contribution is 5.87. The first-order valence-corrected chi connectivity index (χ1v) is 7.07. The second-order valence-corrected chi connectivity index (χ2v) is 6.11. The maximum atomic E-state index is 11.8. The molecule has 2 saturated carbocycles. The first-order valence-electron chi connectivity index (χ1n) is 7.07. The summed E-state index contributed by atoms with van der Waals surface area (Å²) in [6, 6.07) is 0. The molecular formula is C15H20O4. The van der Waals surface area contributed by atoms with Crippen LogP contribution in [-0.4, -0.2) is 24.6 Å². The van der Waals surface area contributed by atoms with E-state index in [0.29, 0.717) is 24.0 Å². The zero-order valence-corrected chi connectivity index (χ0v) is 11.4. The normalized spacial score (nSPS) is 42.9. The van der Waals surface area contributed by atoms with Crippen molar-refractivity contribution in [2.75, 3.05) is 6.61 Å². The Morgan fingerprint density at radius 2 is 2.16 bits per heavy atom. The predicted octanol–water partition coefficient (Wildman–Crippen LogP) is 1.94. The van der Waals surface area contributed by atoms with Crippen LogP contribution in [0.4, 0.5) is 0 Å². The molecule has 0 aromatic rings. The minimum absolute atomic E-state index is 0.0411. The molecule has 0 spiro atoms. The molecule has 4 nitrogen and oxygen atoms in total. The summed E-state index contributed by atoms with van der Waals surface area (Å²) in [5.41, 5.74) is 0.438. The summed E-state index contributed by atoms with van der Waals surface area (Å²) in [4.78, 5) is 23.6. The maximum absolute atomic E-state index is 11.8. The van der Waals surface area contributed by atoms with Crippen LogP contribution in [0.3, 0.4) is 0 Å². The van der Waals surface area contributed by atoms with E-state index in [4.69, 9.17) is 9.47 Å². The molecule has 3 fully saturated rings. The summed E-state index contributed by atoms with van der Waals surface area (Å²) in [6.45, 7) is 7.91. The third-order valence-corrected chi connectivity index (χ3v) is 5.16. The summed E-state index contributed by atoms with van der Waals surface area (Å²) in [5.74, 6) is 0.865. The predicted molar refractivity (Wildman–Crippen MR) is 68.0 cm³/mol. The molecule has 3 rings (SSSR count). The van der Waals surface area contributed by atoms with Crippen molar-refractivity contribution in [1.82, 2.24) is 0 Å². The van der Waals surface area contributed by atoms with Gasteiger partial charge in [0.2, 0.25) is 0 Å². The van der Waals surface area contributed by atoms with E-state index in [9.17, 15) is 9.59 Å². The second-order valence-electron chi connectivity index (χ2n) is 6.11. The Morgan fingerprint density at radius 3 is 2.79 bits per heavy atom. The number of rotatable bonds is 3. The van der Waals surface area contributed by atoms with E-state index in [1.54, 1.807) is 6.92 Å². The van der Waals surface area contributed by atoms with Crippen LogP contribution < -0.4 is 0 Å². The molecule has 6 atom stereocenters. The summed E-state index contributed by atoms with van der Waals surface area (Å²) in [7, 11) is 0. The van der Waals surface area contributed by atoms with Crippen LogP contribution in [-0.2, 0) is 19.1 Å². The summed E-state index contributed by atoms with van der Waals surface area (Å²) < 4.78 is 10.8. The van der Waals surface area contributed by atoms with Gasteiger partial charge in [0.15, 0.2) is 0 Å². The summed E-state index contributed by atoms with van der Waals surface area (Å²) in [5, 5.41) is 0. The topological polar surface area (TPSA) is 52.6 Å². The molecule has 0 radical (unpaired) electrons. The fourth-order valence-corrected chi connectivity index (χ4v) is 4.38. The molecule has 1 saturated heterocycles. The lowest BCUT2D eigenvalue weighted by Crippen LogP contribution is -2.41. The Kier molecular flexibility index (Phi) is 2.91. The lowest BCUT2D eigenvalue weighted by molar-refractivity contribution is -0.152. The number of esters is 2. The molecule has 0 N–H and O–H groups in total. The minimum atomic E-state index is -0.308. The zero-order valence-electron chi connectivity index (χ0n) is 11.4. The fourth-order valence-electron chi connectivity index (χ4n) is 4.38. The Labute approximate surface area is 113 Å². The molecule has 1 aliphatic heterocycles. The van der Waals surface area contributed by atoms with Crippen LogP contribution >= 0.6 is 0 Å². The highest BCUT2D eigenvalue weighted by atomic mass is 16.6. The molecule has 2 bridgehead atoms. The van der Waals surface area contributed by atoms with Gasteiger partial charge >= 0.3 is 11.9 Å². The van der Waals surface area contributed by atoms with E-state index in [1.807, 2.05) is 0 Å². The monoisotopic (exact) mass is 264 g/mol. The van der Waals surface area contributed by atoms with E-state index in [0.717, 1.165) is 12.8 Å². The molecule has 104 valence electrons. The number of carbonyl (C=O) groups is 2. The van der Waals surface area contributed by atoms with Crippen LogP contribution in [0.2, 0.25) is 0 Å². The molecule has 2 aliphatic carbocycles. The van der Waals surface area contributed by atoms with Gasteiger partial charge in [-0.3, -0.25) is 4.79 Å². The SMILES string of the molecule is C=C(C)C(=O)OC1C2CC(C1CC)C1C(=O)OCC21. The van der Waals surface area contributed by atoms with Gasteiger partial charge in [0.05, 0.1) is 12.5 Å². The van der Waals surface area contributed by atoms with Crippen molar-refractivity contribution in [3.05, 3.63) is 12.2 Å². The Balaban J connectivity index is 1.81. The molecule has 0 aromatic heterocycles. The second kappa shape index (κ2) is 4.36. The highest BCUT2D eigenvalue weighted by Crippen LogP contribution is 2.59. The first-order chi connectivity index (χ1) is 9.04. The Bertz CT molecular complexity index is 441. The lowest BCUT2D eigenvalue weighted by atomic mass is 9.73. The van der Waals surface area contributed by atoms with Gasteiger partial charge < -0.3 is 9.47 Å². The van der Waals surface area contributed by atoms with Crippen molar-refractivity contribution >= 4 is 11.9 Å². The zero-order chi connectivity index (χ0) is 13.7. The van der Waals surface area contributed by atoms with Gasteiger partial charge in [-0.15, -0.1) is 0 Å². The molecular weight excluding hydrogens is 244 g/mol. The summed E-state index contributed by atoms with van der Waals surface area (Å²) in [6.07, 6.45) is 1.87. The molecule has 0 aromatic carbocycles. The molecule has 19 heavy (non-hydrogen) atoms. The molecule has 6 unspecified atom stereocenters. The first kappa shape index (κ1) is 12.7. The maximum Gasteiger partial charge on any atom is 0.333 e. The van der Waals surface area contributed by atoms with Crippen LogP contribution in [0.25, 0.3) is 0 Å². The molecule has 3 aliphatic rings. The van der Waals surface area contributed by atoms with Crippen molar-refractivity contribution in [2.24, 2.45) is 29.6 Å². The van der Waals surface area contributed by atoms with Gasteiger partial charge in [0, 0.05) is 17.4 Å².